The standard InChI is InChI=1S/C22H19F2N5O4/c23-17-9-15(29-12-16(33-22(29)31)3-2-14-5-8-32-27-14)10-18(24)20(17)13-1-4-19(26-11-13)28-7-6-25-21(28)30/h1,4-5,8-11,16H,2-3,6-7,12H2,(H,25,30)/t16-/m0/s1. The van der Waals surface area contributed by atoms with Gasteiger partial charge in [-0.05, 0) is 37.1 Å². The highest BCUT2D eigenvalue weighted by molar-refractivity contribution is 5.93. The van der Waals surface area contributed by atoms with Crippen LogP contribution >= 0.6 is 0 Å². The first-order valence-electron chi connectivity index (χ1n) is 10.4. The van der Waals surface area contributed by atoms with Gasteiger partial charge in [-0.1, -0.05) is 5.16 Å². The number of pyridine rings is 1. The Bertz CT molecular complexity index is 1160. The maximum Gasteiger partial charge on any atom is 0.414 e. The fourth-order valence-corrected chi connectivity index (χ4v) is 3.93. The van der Waals surface area contributed by atoms with Crippen LogP contribution in [-0.4, -0.2) is 48.0 Å². The first-order valence-corrected chi connectivity index (χ1v) is 10.4. The molecule has 9 nitrogen and oxygen atoms in total. The normalized spacial score (nSPS) is 18.1. The van der Waals surface area contributed by atoms with E-state index in [1.807, 2.05) is 0 Å². The number of cyclic esters (lactones) is 1. The Balaban J connectivity index is 1.32. The Labute approximate surface area is 186 Å². The van der Waals surface area contributed by atoms with Crippen molar-refractivity contribution in [3.05, 3.63) is 60.1 Å². The average Bonchev–Trinajstić information content (AvgIpc) is 3.54. The van der Waals surface area contributed by atoms with Gasteiger partial charge in [0, 0.05) is 30.9 Å². The molecule has 5 rings (SSSR count). The molecule has 11 heteroatoms. The minimum atomic E-state index is -0.836. The number of aromatic nitrogens is 2. The molecule has 4 heterocycles. The molecule has 0 saturated carbocycles. The maximum atomic E-state index is 14.9. The lowest BCUT2D eigenvalue weighted by Crippen LogP contribution is -2.28. The molecule has 0 radical (unpaired) electrons. The van der Waals surface area contributed by atoms with E-state index in [9.17, 15) is 18.4 Å². The second-order valence-corrected chi connectivity index (χ2v) is 7.72. The fourth-order valence-electron chi connectivity index (χ4n) is 3.93. The molecule has 33 heavy (non-hydrogen) atoms. The molecule has 0 spiro atoms. The molecular formula is C22H19F2N5O4. The molecule has 2 fully saturated rings. The maximum absolute atomic E-state index is 14.9. The van der Waals surface area contributed by atoms with E-state index in [4.69, 9.17) is 9.26 Å². The predicted molar refractivity (Wildman–Crippen MR) is 113 cm³/mol. The minimum absolute atomic E-state index is 0.0704. The van der Waals surface area contributed by atoms with E-state index >= 15 is 0 Å². The Morgan fingerprint density at radius 3 is 2.58 bits per heavy atom. The van der Waals surface area contributed by atoms with Gasteiger partial charge in [0.15, 0.2) is 0 Å². The molecule has 2 aliphatic rings. The SMILES string of the molecule is O=C1O[C@@H](CCc2ccon2)CN1c1cc(F)c(-c2ccc(N3CCNC3=O)nc2)c(F)c1. The van der Waals surface area contributed by atoms with E-state index in [0.717, 1.165) is 17.8 Å². The largest absolute Gasteiger partial charge is 0.444 e. The van der Waals surface area contributed by atoms with Crippen LogP contribution < -0.4 is 15.1 Å². The van der Waals surface area contributed by atoms with Gasteiger partial charge in [-0.2, -0.15) is 0 Å². The number of urea groups is 1. The monoisotopic (exact) mass is 455 g/mol. The highest BCUT2D eigenvalue weighted by Crippen LogP contribution is 2.32. The van der Waals surface area contributed by atoms with E-state index < -0.39 is 23.8 Å². The summed E-state index contributed by atoms with van der Waals surface area (Å²) in [5, 5.41) is 6.48. The van der Waals surface area contributed by atoms with E-state index in [2.05, 4.69) is 15.5 Å². The molecule has 3 amide bonds. The lowest BCUT2D eigenvalue weighted by Gasteiger charge is -2.16. The van der Waals surface area contributed by atoms with E-state index in [-0.39, 0.29) is 29.4 Å². The Morgan fingerprint density at radius 1 is 1.12 bits per heavy atom. The molecule has 1 N–H and O–H groups in total. The van der Waals surface area contributed by atoms with E-state index in [0.29, 0.717) is 31.7 Å². The third-order valence-electron chi connectivity index (χ3n) is 5.60. The van der Waals surface area contributed by atoms with Crippen LogP contribution in [0, 0.1) is 11.6 Å². The van der Waals surface area contributed by atoms with Gasteiger partial charge in [-0.3, -0.25) is 9.80 Å². The van der Waals surface area contributed by atoms with Crippen LogP contribution in [0.25, 0.3) is 11.1 Å². The molecule has 0 aliphatic carbocycles. The summed E-state index contributed by atoms with van der Waals surface area (Å²) < 4.78 is 40.0. The summed E-state index contributed by atoms with van der Waals surface area (Å²) in [6.45, 7) is 1.14. The number of nitrogens with one attached hydrogen (secondary N) is 1. The molecule has 1 atom stereocenters. The third-order valence-corrected chi connectivity index (χ3v) is 5.60. The third kappa shape index (κ3) is 4.09. The van der Waals surface area contributed by atoms with Gasteiger partial charge >= 0.3 is 12.1 Å². The number of hydrogen-bond acceptors (Lipinski definition) is 6. The quantitative estimate of drug-likeness (QED) is 0.611. The molecule has 1 aromatic carbocycles. The first-order chi connectivity index (χ1) is 16.0. The van der Waals surface area contributed by atoms with Crippen LogP contribution in [0.2, 0.25) is 0 Å². The number of nitrogens with zero attached hydrogens (tertiary/aromatic N) is 4. The number of anilines is 2. The molecule has 2 saturated heterocycles. The topological polar surface area (TPSA) is 101 Å². The summed E-state index contributed by atoms with van der Waals surface area (Å²) in [5.41, 5.74) is 0.755. The summed E-state index contributed by atoms with van der Waals surface area (Å²) in [6, 6.07) is 6.68. The summed E-state index contributed by atoms with van der Waals surface area (Å²) in [6.07, 6.45) is 2.73. The zero-order valence-corrected chi connectivity index (χ0v) is 17.3. The Hall–Kier alpha value is -4.02. The number of carbonyl (C=O) groups is 2. The smallest absolute Gasteiger partial charge is 0.414 e. The summed E-state index contributed by atoms with van der Waals surface area (Å²) in [4.78, 5) is 30.9. The molecule has 170 valence electrons. The van der Waals surface area contributed by atoms with Gasteiger partial charge in [-0.15, -0.1) is 0 Å². The minimum Gasteiger partial charge on any atom is -0.444 e. The van der Waals surface area contributed by atoms with Crippen molar-refractivity contribution in [2.75, 3.05) is 29.4 Å². The van der Waals surface area contributed by atoms with Gasteiger partial charge in [-0.25, -0.2) is 23.4 Å². The first kappa shape index (κ1) is 20.9. The van der Waals surface area contributed by atoms with Crippen molar-refractivity contribution in [1.29, 1.82) is 0 Å². The summed E-state index contributed by atoms with van der Waals surface area (Å²) in [5.74, 6) is -1.28. The van der Waals surface area contributed by atoms with Crippen LogP contribution in [0.4, 0.5) is 29.9 Å². The predicted octanol–water partition coefficient (Wildman–Crippen LogP) is 3.50. The summed E-state index contributed by atoms with van der Waals surface area (Å²) >= 11 is 0. The number of amides is 3. The molecule has 0 bridgehead atoms. The average molecular weight is 455 g/mol. The van der Waals surface area contributed by atoms with E-state index in [1.54, 1.807) is 6.07 Å². The second kappa shape index (κ2) is 8.49. The number of ether oxygens (including phenoxy) is 1. The number of aryl methyl sites for hydroxylation is 1. The zero-order valence-electron chi connectivity index (χ0n) is 17.3. The van der Waals surface area contributed by atoms with Gasteiger partial charge in [0.2, 0.25) is 0 Å². The van der Waals surface area contributed by atoms with Gasteiger partial charge in [0.1, 0.15) is 29.8 Å². The van der Waals surface area contributed by atoms with Crippen molar-refractivity contribution in [3.63, 3.8) is 0 Å². The Morgan fingerprint density at radius 2 is 1.94 bits per heavy atom. The lowest BCUT2D eigenvalue weighted by atomic mass is 10.0. The zero-order chi connectivity index (χ0) is 22.9. The summed E-state index contributed by atoms with van der Waals surface area (Å²) in [7, 11) is 0. The van der Waals surface area contributed by atoms with Crippen LogP contribution in [0.5, 0.6) is 0 Å². The van der Waals surface area contributed by atoms with Crippen LogP contribution in [0.1, 0.15) is 12.1 Å². The molecule has 2 aromatic heterocycles. The molecule has 0 unspecified atom stereocenters. The highest BCUT2D eigenvalue weighted by Gasteiger charge is 2.33. The van der Waals surface area contributed by atoms with Crippen molar-refractivity contribution < 1.29 is 27.6 Å². The molecular weight excluding hydrogens is 436 g/mol. The van der Waals surface area contributed by atoms with Crippen molar-refractivity contribution >= 4 is 23.6 Å². The van der Waals surface area contributed by atoms with Crippen molar-refractivity contribution in [3.8, 4) is 11.1 Å². The number of benzene rings is 1. The van der Waals surface area contributed by atoms with Crippen LogP contribution in [0.15, 0.2) is 47.3 Å². The highest BCUT2D eigenvalue weighted by atomic mass is 19.1. The van der Waals surface area contributed by atoms with Crippen LogP contribution in [0.3, 0.4) is 0 Å². The molecule has 3 aromatic rings. The van der Waals surface area contributed by atoms with E-state index in [1.165, 1.54) is 34.4 Å². The second-order valence-electron chi connectivity index (χ2n) is 7.72. The lowest BCUT2D eigenvalue weighted by molar-refractivity contribution is 0.136. The number of carbonyl (C=O) groups excluding carboxylic acids is 2. The Kier molecular flexibility index (Phi) is 5.37. The van der Waals surface area contributed by atoms with Crippen molar-refractivity contribution in [2.24, 2.45) is 0 Å². The number of halogens is 2. The van der Waals surface area contributed by atoms with Gasteiger partial charge in [0.25, 0.3) is 0 Å². The van der Waals surface area contributed by atoms with Gasteiger partial charge in [0.05, 0.1) is 23.5 Å². The van der Waals surface area contributed by atoms with Crippen molar-refractivity contribution in [2.45, 2.75) is 18.9 Å². The number of hydrogen-bond donors (Lipinski definition) is 1. The van der Waals surface area contributed by atoms with Gasteiger partial charge < -0.3 is 14.6 Å². The fraction of sp³-hybridized carbons (Fsp3) is 0.273. The molecule has 2 aliphatic heterocycles. The van der Waals surface area contributed by atoms with Crippen LogP contribution in [-0.2, 0) is 11.2 Å². The van der Waals surface area contributed by atoms with Crippen molar-refractivity contribution in [1.82, 2.24) is 15.5 Å². The number of rotatable bonds is 6.